The van der Waals surface area contributed by atoms with Crippen LogP contribution in [0.15, 0.2) is 29.3 Å². The number of aryl methyl sites for hydroxylation is 1. The molecule has 0 fully saturated rings. The van der Waals surface area contributed by atoms with E-state index in [1.165, 1.54) is 12.1 Å². The number of nitrogens with one attached hydrogen (secondary N) is 2. The van der Waals surface area contributed by atoms with Gasteiger partial charge in [0, 0.05) is 26.1 Å². The number of nitrogens with zero attached hydrogens (tertiary/aromatic N) is 4. The molecule has 166 valence electrons. The van der Waals surface area contributed by atoms with Crippen molar-refractivity contribution in [1.29, 1.82) is 0 Å². The largest absolute Gasteiger partial charge is 0.416 e. The van der Waals surface area contributed by atoms with Crippen LogP contribution in [0.3, 0.4) is 0 Å². The SMILES string of the molecule is CCNC(=NCc1nnc2n1CCC2)NCCC(C)c1cccc(C(F)(F)F)c1.I. The molecule has 1 unspecified atom stereocenters. The number of aliphatic imine (C=N–C) groups is 1. The summed E-state index contributed by atoms with van der Waals surface area (Å²) < 4.78 is 40.8. The molecule has 0 radical (unpaired) electrons. The molecule has 10 heteroatoms. The van der Waals surface area contributed by atoms with Gasteiger partial charge in [-0.3, -0.25) is 0 Å². The second kappa shape index (κ2) is 11.0. The van der Waals surface area contributed by atoms with Crippen molar-refractivity contribution in [2.45, 2.75) is 58.3 Å². The van der Waals surface area contributed by atoms with Gasteiger partial charge in [-0.1, -0.05) is 25.1 Å². The Morgan fingerprint density at radius 1 is 1.27 bits per heavy atom. The molecule has 6 nitrogen and oxygen atoms in total. The third-order valence-corrected chi connectivity index (χ3v) is 5.06. The van der Waals surface area contributed by atoms with E-state index in [1.54, 1.807) is 6.07 Å². The van der Waals surface area contributed by atoms with E-state index < -0.39 is 11.7 Å². The second-order valence-corrected chi connectivity index (χ2v) is 7.22. The van der Waals surface area contributed by atoms with Crippen molar-refractivity contribution in [3.63, 3.8) is 0 Å². The molecule has 0 saturated carbocycles. The Bertz CT molecular complexity index is 849. The van der Waals surface area contributed by atoms with Gasteiger partial charge in [-0.2, -0.15) is 13.2 Å². The van der Waals surface area contributed by atoms with Gasteiger partial charge in [-0.25, -0.2) is 4.99 Å². The lowest BCUT2D eigenvalue weighted by Gasteiger charge is -2.16. The van der Waals surface area contributed by atoms with E-state index in [-0.39, 0.29) is 29.9 Å². The van der Waals surface area contributed by atoms with Gasteiger partial charge in [0.05, 0.1) is 5.56 Å². The first kappa shape index (κ1) is 24.4. The van der Waals surface area contributed by atoms with Gasteiger partial charge in [-0.05, 0) is 37.3 Å². The fraction of sp³-hybridized carbons (Fsp3) is 0.550. The summed E-state index contributed by atoms with van der Waals surface area (Å²) in [5.41, 5.74) is 0.0770. The Morgan fingerprint density at radius 2 is 2.07 bits per heavy atom. The van der Waals surface area contributed by atoms with Crippen molar-refractivity contribution in [3.8, 4) is 0 Å². The normalized spacial score (nSPS) is 14.8. The number of alkyl halides is 3. The van der Waals surface area contributed by atoms with Crippen LogP contribution in [0.25, 0.3) is 0 Å². The first-order valence-corrected chi connectivity index (χ1v) is 9.98. The minimum atomic E-state index is -4.32. The summed E-state index contributed by atoms with van der Waals surface area (Å²) in [6.45, 7) is 6.60. The van der Waals surface area contributed by atoms with Gasteiger partial charge in [0.25, 0.3) is 0 Å². The van der Waals surface area contributed by atoms with Crippen LogP contribution in [0.5, 0.6) is 0 Å². The monoisotopic (exact) mass is 536 g/mol. The van der Waals surface area contributed by atoms with Crippen molar-refractivity contribution in [1.82, 2.24) is 25.4 Å². The molecule has 1 aliphatic heterocycles. The highest BCUT2D eigenvalue weighted by molar-refractivity contribution is 14.0. The molecule has 0 spiro atoms. The van der Waals surface area contributed by atoms with Crippen LogP contribution >= 0.6 is 24.0 Å². The summed E-state index contributed by atoms with van der Waals surface area (Å²) in [5.74, 6) is 2.53. The maximum Gasteiger partial charge on any atom is 0.416 e. The van der Waals surface area contributed by atoms with E-state index in [1.807, 2.05) is 13.8 Å². The standard InChI is InChI=1S/C20H27F3N6.HI/c1-3-24-19(26-13-18-28-27-17-8-5-11-29(17)18)25-10-9-14(2)15-6-4-7-16(12-15)20(21,22)23;/h4,6-7,12,14H,3,5,8-11,13H2,1-2H3,(H2,24,25,26);1H. The fourth-order valence-electron chi connectivity index (χ4n) is 3.41. The van der Waals surface area contributed by atoms with Crippen LogP contribution in [0.4, 0.5) is 13.2 Å². The number of fused-ring (bicyclic) bond motifs is 1. The molecule has 1 aromatic heterocycles. The molecule has 0 aliphatic carbocycles. The minimum absolute atomic E-state index is 0. The summed E-state index contributed by atoms with van der Waals surface area (Å²) >= 11 is 0. The van der Waals surface area contributed by atoms with Crippen molar-refractivity contribution in [2.24, 2.45) is 4.99 Å². The molecule has 2 N–H and O–H groups in total. The lowest BCUT2D eigenvalue weighted by atomic mass is 9.96. The van der Waals surface area contributed by atoms with Crippen molar-refractivity contribution >= 4 is 29.9 Å². The Kier molecular flexibility index (Phi) is 8.92. The Labute approximate surface area is 191 Å². The van der Waals surface area contributed by atoms with E-state index in [0.29, 0.717) is 37.6 Å². The highest BCUT2D eigenvalue weighted by Crippen LogP contribution is 2.31. The minimum Gasteiger partial charge on any atom is -0.357 e. The van der Waals surface area contributed by atoms with Gasteiger partial charge in [0.1, 0.15) is 12.4 Å². The predicted molar refractivity (Wildman–Crippen MR) is 121 cm³/mol. The van der Waals surface area contributed by atoms with Gasteiger partial charge >= 0.3 is 6.18 Å². The van der Waals surface area contributed by atoms with Gasteiger partial charge < -0.3 is 15.2 Å². The van der Waals surface area contributed by atoms with Crippen LogP contribution in [0, 0.1) is 0 Å². The predicted octanol–water partition coefficient (Wildman–Crippen LogP) is 4.11. The van der Waals surface area contributed by atoms with Crippen LogP contribution < -0.4 is 10.6 Å². The number of aromatic nitrogens is 3. The highest BCUT2D eigenvalue weighted by Gasteiger charge is 2.30. The van der Waals surface area contributed by atoms with Gasteiger partial charge in [0.15, 0.2) is 11.8 Å². The number of hydrogen-bond donors (Lipinski definition) is 2. The Balaban J connectivity index is 0.00000320. The Morgan fingerprint density at radius 3 is 2.80 bits per heavy atom. The average Bonchev–Trinajstić information content (AvgIpc) is 3.29. The number of rotatable bonds is 7. The van der Waals surface area contributed by atoms with E-state index in [2.05, 4.69) is 30.4 Å². The molecule has 1 atom stereocenters. The molecule has 1 aromatic carbocycles. The third kappa shape index (κ3) is 6.32. The lowest BCUT2D eigenvalue weighted by Crippen LogP contribution is -2.38. The lowest BCUT2D eigenvalue weighted by molar-refractivity contribution is -0.137. The zero-order valence-corrected chi connectivity index (χ0v) is 19.5. The quantitative estimate of drug-likeness (QED) is 0.318. The topological polar surface area (TPSA) is 67.1 Å². The zero-order chi connectivity index (χ0) is 20.9. The van der Waals surface area contributed by atoms with Crippen molar-refractivity contribution in [2.75, 3.05) is 13.1 Å². The zero-order valence-electron chi connectivity index (χ0n) is 17.2. The highest BCUT2D eigenvalue weighted by atomic mass is 127. The van der Waals surface area contributed by atoms with E-state index in [9.17, 15) is 13.2 Å². The van der Waals surface area contributed by atoms with E-state index >= 15 is 0 Å². The smallest absolute Gasteiger partial charge is 0.357 e. The summed E-state index contributed by atoms with van der Waals surface area (Å²) in [5, 5.41) is 14.8. The first-order chi connectivity index (χ1) is 13.9. The molecule has 30 heavy (non-hydrogen) atoms. The van der Waals surface area contributed by atoms with E-state index in [0.717, 1.165) is 37.1 Å². The van der Waals surface area contributed by atoms with Crippen molar-refractivity contribution in [3.05, 3.63) is 47.0 Å². The first-order valence-electron chi connectivity index (χ1n) is 9.98. The van der Waals surface area contributed by atoms with Crippen LogP contribution in [-0.4, -0.2) is 33.8 Å². The molecule has 2 heterocycles. The fourth-order valence-corrected chi connectivity index (χ4v) is 3.41. The number of guanidine groups is 1. The molecule has 0 bridgehead atoms. The average molecular weight is 536 g/mol. The molecule has 0 amide bonds. The van der Waals surface area contributed by atoms with Crippen LogP contribution in [0.2, 0.25) is 0 Å². The molecule has 0 saturated heterocycles. The van der Waals surface area contributed by atoms with E-state index in [4.69, 9.17) is 0 Å². The van der Waals surface area contributed by atoms with Gasteiger partial charge in [0.2, 0.25) is 0 Å². The number of halogens is 4. The summed E-state index contributed by atoms with van der Waals surface area (Å²) in [6.07, 6.45) is -1.58. The van der Waals surface area contributed by atoms with Crippen LogP contribution in [-0.2, 0) is 25.7 Å². The molecule has 2 aromatic rings. The van der Waals surface area contributed by atoms with Crippen LogP contribution in [0.1, 0.15) is 55.4 Å². The third-order valence-electron chi connectivity index (χ3n) is 5.06. The number of benzene rings is 1. The second-order valence-electron chi connectivity index (χ2n) is 7.22. The molecule has 3 rings (SSSR count). The Hall–Kier alpha value is -1.85. The number of hydrogen-bond acceptors (Lipinski definition) is 3. The summed E-state index contributed by atoms with van der Waals surface area (Å²) in [4.78, 5) is 4.57. The maximum absolute atomic E-state index is 12.9. The van der Waals surface area contributed by atoms with Gasteiger partial charge in [-0.15, -0.1) is 34.2 Å². The molecular formula is C20H28F3IN6. The summed E-state index contributed by atoms with van der Waals surface area (Å²) in [7, 11) is 0. The summed E-state index contributed by atoms with van der Waals surface area (Å²) in [6, 6.07) is 5.54. The maximum atomic E-state index is 12.9. The molecule has 1 aliphatic rings. The molecular weight excluding hydrogens is 508 g/mol. The van der Waals surface area contributed by atoms with Crippen molar-refractivity contribution < 1.29 is 13.2 Å².